The molecule has 1 aliphatic heterocycles. The second-order valence-corrected chi connectivity index (χ2v) is 7.81. The van der Waals surface area contributed by atoms with Gasteiger partial charge < -0.3 is 14.0 Å². The van der Waals surface area contributed by atoms with Gasteiger partial charge in [0.1, 0.15) is 24.2 Å². The molecule has 2 aromatic carbocycles. The van der Waals surface area contributed by atoms with Crippen molar-refractivity contribution in [1.29, 1.82) is 0 Å². The summed E-state index contributed by atoms with van der Waals surface area (Å²) in [5, 5.41) is 4.51. The van der Waals surface area contributed by atoms with E-state index in [0.717, 1.165) is 23.3 Å². The summed E-state index contributed by atoms with van der Waals surface area (Å²) in [6, 6.07) is 14.7. The first-order valence-electron chi connectivity index (χ1n) is 10.4. The molecule has 8 nitrogen and oxygen atoms in total. The van der Waals surface area contributed by atoms with Crippen LogP contribution in [-0.2, 0) is 29.1 Å². The second kappa shape index (κ2) is 8.30. The van der Waals surface area contributed by atoms with Crippen LogP contribution in [0.2, 0.25) is 0 Å². The van der Waals surface area contributed by atoms with Gasteiger partial charge in [0.2, 0.25) is 0 Å². The lowest BCUT2D eigenvalue weighted by atomic mass is 10.1. The Labute approximate surface area is 183 Å². The Hall–Kier alpha value is -3.94. The number of nitrogens with zero attached hydrogens (tertiary/aromatic N) is 3. The second-order valence-electron chi connectivity index (χ2n) is 7.81. The molecule has 0 radical (unpaired) electrons. The van der Waals surface area contributed by atoms with E-state index in [1.807, 2.05) is 31.2 Å². The van der Waals surface area contributed by atoms with Crippen molar-refractivity contribution in [2.45, 2.75) is 39.0 Å². The molecule has 1 aliphatic rings. The van der Waals surface area contributed by atoms with Gasteiger partial charge in [0.15, 0.2) is 5.76 Å². The van der Waals surface area contributed by atoms with Gasteiger partial charge in [0.25, 0.3) is 5.56 Å². The molecule has 5 rings (SSSR count). The fourth-order valence-electron chi connectivity index (χ4n) is 3.79. The van der Waals surface area contributed by atoms with Crippen LogP contribution in [-0.4, -0.2) is 26.8 Å². The lowest BCUT2D eigenvalue weighted by molar-refractivity contribution is -0.145. The third-order valence-electron chi connectivity index (χ3n) is 5.41. The summed E-state index contributed by atoms with van der Waals surface area (Å²) in [5.74, 6) is 1.07. The molecule has 0 fully saturated rings. The quantitative estimate of drug-likeness (QED) is 0.431. The molecule has 0 saturated carbocycles. The summed E-state index contributed by atoms with van der Waals surface area (Å²) in [7, 11) is 0. The zero-order valence-electron chi connectivity index (χ0n) is 17.5. The molecule has 4 aromatic rings. The van der Waals surface area contributed by atoms with Crippen LogP contribution in [0.15, 0.2) is 64.2 Å². The zero-order valence-corrected chi connectivity index (χ0v) is 17.5. The highest BCUT2D eigenvalue weighted by Crippen LogP contribution is 2.33. The highest BCUT2D eigenvalue weighted by atomic mass is 16.5. The molecule has 1 atom stereocenters. The van der Waals surface area contributed by atoms with Crippen molar-refractivity contribution in [3.8, 4) is 17.1 Å². The van der Waals surface area contributed by atoms with Gasteiger partial charge in [-0.1, -0.05) is 17.3 Å². The predicted molar refractivity (Wildman–Crippen MR) is 116 cm³/mol. The first-order valence-corrected chi connectivity index (χ1v) is 10.4. The number of aryl methyl sites for hydroxylation is 1. The molecule has 0 aliphatic carbocycles. The molecule has 162 valence electrons. The number of ether oxygens (including phenoxy) is 2. The standard InChI is InChI=1S/C24H21N3O5/c1-15-10-17-11-16(6-7-21(17)31-15)22-12-18(26-32-22)13-30-23(28)8-9-27-14-25-20-5-3-2-4-19(20)24(27)29/h2-7,11-12,14-15H,8-10,13H2,1H3/t15-/m0/s1. The number of hydrogen-bond donors (Lipinski definition) is 0. The van der Waals surface area contributed by atoms with Crippen LogP contribution in [0.3, 0.4) is 0 Å². The summed E-state index contributed by atoms with van der Waals surface area (Å²) >= 11 is 0. The van der Waals surface area contributed by atoms with Gasteiger partial charge in [-0.25, -0.2) is 4.98 Å². The maximum absolute atomic E-state index is 12.5. The zero-order chi connectivity index (χ0) is 22.1. The Kier molecular flexibility index (Phi) is 5.18. The average Bonchev–Trinajstić information content (AvgIpc) is 3.42. The molecule has 0 spiro atoms. The van der Waals surface area contributed by atoms with Crippen LogP contribution < -0.4 is 10.3 Å². The van der Waals surface area contributed by atoms with E-state index in [1.54, 1.807) is 24.3 Å². The van der Waals surface area contributed by atoms with E-state index in [9.17, 15) is 9.59 Å². The van der Waals surface area contributed by atoms with E-state index >= 15 is 0 Å². The summed E-state index contributed by atoms with van der Waals surface area (Å²) in [5.41, 5.74) is 3.00. The van der Waals surface area contributed by atoms with Gasteiger partial charge in [-0.15, -0.1) is 0 Å². The topological polar surface area (TPSA) is 96.5 Å². The monoisotopic (exact) mass is 431 g/mol. The van der Waals surface area contributed by atoms with Crippen LogP contribution in [0.5, 0.6) is 5.75 Å². The lowest BCUT2D eigenvalue weighted by Gasteiger charge is -2.06. The van der Waals surface area contributed by atoms with Crippen molar-refractivity contribution in [2.75, 3.05) is 0 Å². The lowest BCUT2D eigenvalue weighted by Crippen LogP contribution is -2.22. The van der Waals surface area contributed by atoms with Crippen LogP contribution in [0.1, 0.15) is 24.6 Å². The normalized spacial score (nSPS) is 14.8. The molecule has 0 unspecified atom stereocenters. The fraction of sp³-hybridized carbons (Fsp3) is 0.250. The third kappa shape index (κ3) is 3.99. The van der Waals surface area contributed by atoms with Gasteiger partial charge >= 0.3 is 5.97 Å². The van der Waals surface area contributed by atoms with E-state index < -0.39 is 5.97 Å². The van der Waals surface area contributed by atoms with Crippen molar-refractivity contribution >= 4 is 16.9 Å². The number of esters is 1. The summed E-state index contributed by atoms with van der Waals surface area (Å²) in [6.07, 6.45) is 2.53. The Bertz CT molecular complexity index is 1360. The highest BCUT2D eigenvalue weighted by Gasteiger charge is 2.20. The van der Waals surface area contributed by atoms with E-state index in [0.29, 0.717) is 22.4 Å². The minimum atomic E-state index is -0.432. The molecular weight excluding hydrogens is 410 g/mol. The Morgan fingerprint density at radius 1 is 1.22 bits per heavy atom. The molecule has 32 heavy (non-hydrogen) atoms. The first kappa shape index (κ1) is 20.0. The minimum Gasteiger partial charge on any atom is -0.490 e. The van der Waals surface area contributed by atoms with Crippen molar-refractivity contribution in [2.24, 2.45) is 0 Å². The Balaban J connectivity index is 1.18. The van der Waals surface area contributed by atoms with Crippen molar-refractivity contribution in [1.82, 2.24) is 14.7 Å². The van der Waals surface area contributed by atoms with Gasteiger partial charge in [-0.3, -0.25) is 14.2 Å². The fourth-order valence-corrected chi connectivity index (χ4v) is 3.79. The number of hydrogen-bond acceptors (Lipinski definition) is 7. The van der Waals surface area contributed by atoms with Crippen LogP contribution in [0, 0.1) is 0 Å². The number of fused-ring (bicyclic) bond motifs is 2. The summed E-state index contributed by atoms with van der Waals surface area (Å²) in [6.45, 7) is 2.22. The van der Waals surface area contributed by atoms with E-state index in [-0.39, 0.29) is 31.2 Å². The van der Waals surface area contributed by atoms with Crippen LogP contribution >= 0.6 is 0 Å². The third-order valence-corrected chi connectivity index (χ3v) is 5.41. The molecule has 8 heteroatoms. The number of benzene rings is 2. The summed E-state index contributed by atoms with van der Waals surface area (Å²) in [4.78, 5) is 28.9. The minimum absolute atomic E-state index is 0.00170. The Morgan fingerprint density at radius 3 is 3.00 bits per heavy atom. The van der Waals surface area contributed by atoms with Crippen molar-refractivity contribution in [3.63, 3.8) is 0 Å². The molecule has 0 saturated heterocycles. The SMILES string of the molecule is C[C@H]1Cc2cc(-c3cc(COC(=O)CCn4cnc5ccccc5c4=O)no3)ccc2O1. The van der Waals surface area contributed by atoms with E-state index in [2.05, 4.69) is 10.1 Å². The van der Waals surface area contributed by atoms with Gasteiger partial charge in [-0.2, -0.15) is 0 Å². The molecule has 3 heterocycles. The highest BCUT2D eigenvalue weighted by molar-refractivity contribution is 5.77. The van der Waals surface area contributed by atoms with Crippen molar-refractivity contribution < 1.29 is 18.8 Å². The smallest absolute Gasteiger partial charge is 0.307 e. The van der Waals surface area contributed by atoms with Gasteiger partial charge in [-0.05, 0) is 42.8 Å². The first-order chi connectivity index (χ1) is 15.6. The van der Waals surface area contributed by atoms with E-state index in [4.69, 9.17) is 14.0 Å². The predicted octanol–water partition coefficient (Wildman–Crippen LogP) is 3.51. The van der Waals surface area contributed by atoms with Crippen molar-refractivity contribution in [3.05, 3.63) is 76.5 Å². The maximum Gasteiger partial charge on any atom is 0.307 e. The molecule has 0 bridgehead atoms. The molecular formula is C24H21N3O5. The maximum atomic E-state index is 12.5. The van der Waals surface area contributed by atoms with Crippen LogP contribution in [0.25, 0.3) is 22.2 Å². The van der Waals surface area contributed by atoms with Gasteiger partial charge in [0, 0.05) is 24.6 Å². The number of carbonyl (C=O) groups is 1. The largest absolute Gasteiger partial charge is 0.490 e. The number of aromatic nitrogens is 3. The number of para-hydroxylation sites is 1. The molecule has 0 amide bonds. The van der Waals surface area contributed by atoms with E-state index in [1.165, 1.54) is 10.9 Å². The average molecular weight is 431 g/mol. The number of carbonyl (C=O) groups excluding carboxylic acids is 1. The van der Waals surface area contributed by atoms with Gasteiger partial charge in [0.05, 0.1) is 23.7 Å². The Morgan fingerprint density at radius 2 is 2.09 bits per heavy atom. The summed E-state index contributed by atoms with van der Waals surface area (Å²) < 4.78 is 17.9. The van der Waals surface area contributed by atoms with Crippen LogP contribution in [0.4, 0.5) is 0 Å². The number of rotatable bonds is 6. The molecule has 2 aromatic heterocycles. The molecule has 0 N–H and O–H groups in total.